The van der Waals surface area contributed by atoms with Gasteiger partial charge in [0.2, 0.25) is 5.91 Å². The summed E-state index contributed by atoms with van der Waals surface area (Å²) in [5.74, 6) is 0.0128. The number of anilines is 1. The molecule has 0 fully saturated rings. The Balaban J connectivity index is 2.04. The van der Waals surface area contributed by atoms with Gasteiger partial charge in [-0.1, -0.05) is 33.6 Å². The maximum absolute atomic E-state index is 11.4. The van der Waals surface area contributed by atoms with Crippen LogP contribution in [0, 0.1) is 0 Å². The van der Waals surface area contributed by atoms with Crippen LogP contribution in [0.3, 0.4) is 0 Å². The van der Waals surface area contributed by atoms with Crippen LogP contribution >= 0.6 is 70.7 Å². The van der Waals surface area contributed by atoms with Crippen molar-refractivity contribution in [3.8, 4) is 0 Å². The molecule has 104 valence electrons. The molecule has 0 radical (unpaired) electrons. The molecule has 20 heavy (non-hydrogen) atoms. The Morgan fingerprint density at radius 3 is 2.65 bits per heavy atom. The van der Waals surface area contributed by atoms with Gasteiger partial charge in [0, 0.05) is 10.7 Å². The zero-order valence-corrected chi connectivity index (χ0v) is 16.2. The molecule has 1 aromatic heterocycles. The molecule has 1 atom stereocenters. The van der Waals surface area contributed by atoms with Gasteiger partial charge >= 0.3 is 0 Å². The summed E-state index contributed by atoms with van der Waals surface area (Å²) in [4.78, 5) is 11.4. The lowest BCUT2D eigenvalue weighted by Gasteiger charge is -2.13. The second-order valence-electron chi connectivity index (χ2n) is 4.40. The second kappa shape index (κ2) is 5.72. The third-order valence-corrected chi connectivity index (χ3v) is 6.78. The van der Waals surface area contributed by atoms with Crippen LogP contribution in [0.5, 0.6) is 0 Å². The number of carbonyl (C=O) groups excluding carboxylic acids is 1. The molecule has 3 rings (SSSR count). The highest BCUT2D eigenvalue weighted by atomic mass is 79.9. The normalized spacial score (nSPS) is 15.1. The Morgan fingerprint density at radius 2 is 2.00 bits per heavy atom. The van der Waals surface area contributed by atoms with Gasteiger partial charge in [-0.15, -0.1) is 11.3 Å². The van der Waals surface area contributed by atoms with Crippen LogP contribution in [0.2, 0.25) is 5.02 Å². The highest BCUT2D eigenvalue weighted by molar-refractivity contribution is 9.12. The zero-order valence-electron chi connectivity index (χ0n) is 9.84. The first kappa shape index (κ1) is 15.0. The molecule has 1 N–H and O–H groups in total. The first-order chi connectivity index (χ1) is 9.45. The molecule has 0 aliphatic carbocycles. The summed E-state index contributed by atoms with van der Waals surface area (Å²) in [5.41, 5.74) is 3.88. The molecule has 1 aliphatic heterocycles. The number of hydrogen-bond acceptors (Lipinski definition) is 2. The molecule has 0 saturated heterocycles. The van der Waals surface area contributed by atoms with Gasteiger partial charge in [0.25, 0.3) is 0 Å². The van der Waals surface area contributed by atoms with Gasteiger partial charge in [0.15, 0.2) is 0 Å². The molecule has 7 heteroatoms. The van der Waals surface area contributed by atoms with E-state index in [1.807, 2.05) is 12.1 Å². The van der Waals surface area contributed by atoms with Crippen molar-refractivity contribution in [3.05, 3.63) is 47.5 Å². The fourth-order valence-electron chi connectivity index (χ4n) is 2.15. The van der Waals surface area contributed by atoms with Crippen molar-refractivity contribution in [2.24, 2.45) is 0 Å². The Morgan fingerprint density at radius 1 is 1.25 bits per heavy atom. The summed E-state index contributed by atoms with van der Waals surface area (Å²) in [7, 11) is 0. The third-order valence-electron chi connectivity index (χ3n) is 3.08. The highest BCUT2D eigenvalue weighted by Crippen LogP contribution is 2.45. The number of halogens is 4. The van der Waals surface area contributed by atoms with E-state index < -0.39 is 0 Å². The first-order valence-corrected chi connectivity index (χ1v) is 9.36. The van der Waals surface area contributed by atoms with E-state index in [0.717, 1.165) is 30.0 Å². The summed E-state index contributed by atoms with van der Waals surface area (Å²) in [6.07, 6.45) is 0.410. The van der Waals surface area contributed by atoms with Crippen molar-refractivity contribution in [3.63, 3.8) is 0 Å². The lowest BCUT2D eigenvalue weighted by atomic mass is 10.0. The van der Waals surface area contributed by atoms with Crippen LogP contribution in [0.1, 0.15) is 21.5 Å². The van der Waals surface area contributed by atoms with E-state index in [9.17, 15) is 4.79 Å². The number of amides is 1. The van der Waals surface area contributed by atoms with E-state index in [-0.39, 0.29) is 10.7 Å². The van der Waals surface area contributed by atoms with Crippen LogP contribution in [0.25, 0.3) is 0 Å². The van der Waals surface area contributed by atoms with Crippen LogP contribution in [0.4, 0.5) is 5.69 Å². The van der Waals surface area contributed by atoms with Crippen LogP contribution < -0.4 is 5.32 Å². The maximum Gasteiger partial charge on any atom is 0.228 e. The van der Waals surface area contributed by atoms with Crippen LogP contribution in [0.15, 0.2) is 25.8 Å². The Labute approximate surface area is 150 Å². The van der Waals surface area contributed by atoms with Gasteiger partial charge in [-0.2, -0.15) is 0 Å². The summed E-state index contributed by atoms with van der Waals surface area (Å²) in [6.45, 7) is 0. The number of nitrogens with one attached hydrogen (secondary N) is 1. The SMILES string of the molecule is O=C1Cc2cc(C(Br)c3cc(Br)sc3Br)c(Cl)cc2N1. The molecule has 2 nitrogen and oxygen atoms in total. The monoisotopic (exact) mass is 497 g/mol. The minimum Gasteiger partial charge on any atom is -0.325 e. The van der Waals surface area contributed by atoms with E-state index >= 15 is 0 Å². The van der Waals surface area contributed by atoms with Gasteiger partial charge in [0.1, 0.15) is 0 Å². The number of alkyl halides is 1. The molecular weight excluding hydrogens is 493 g/mol. The standard InChI is InChI=1S/C13H7Br3ClNOS/c14-10-3-7(13(16)20-10)12(15)6-1-5-2-11(19)18-9(5)4-8(6)17/h1,3-4,12H,2H2,(H,18,19). The zero-order chi connectivity index (χ0) is 14.4. The van der Waals surface area contributed by atoms with E-state index in [4.69, 9.17) is 11.6 Å². The largest absolute Gasteiger partial charge is 0.325 e. The van der Waals surface area contributed by atoms with Crippen molar-refractivity contribution >= 4 is 82.3 Å². The second-order valence-corrected chi connectivity index (χ2v) is 9.47. The van der Waals surface area contributed by atoms with Gasteiger partial charge in [-0.3, -0.25) is 4.79 Å². The smallest absolute Gasteiger partial charge is 0.228 e. The predicted octanol–water partition coefficient (Wildman–Crippen LogP) is 5.91. The molecule has 2 aromatic rings. The van der Waals surface area contributed by atoms with Crippen molar-refractivity contribution in [2.45, 2.75) is 11.2 Å². The lowest BCUT2D eigenvalue weighted by Crippen LogP contribution is -2.03. The molecule has 1 aromatic carbocycles. The van der Waals surface area contributed by atoms with E-state index in [0.29, 0.717) is 11.4 Å². The minimum atomic E-state index is -0.0204. The predicted molar refractivity (Wildman–Crippen MR) is 94.3 cm³/mol. The van der Waals surface area contributed by atoms with E-state index in [1.54, 1.807) is 11.3 Å². The molecule has 0 bridgehead atoms. The minimum absolute atomic E-state index is 0.0128. The molecule has 0 saturated carbocycles. The highest BCUT2D eigenvalue weighted by Gasteiger charge is 2.24. The quantitative estimate of drug-likeness (QED) is 0.511. The van der Waals surface area contributed by atoms with Gasteiger partial charge < -0.3 is 5.32 Å². The summed E-state index contributed by atoms with van der Waals surface area (Å²) < 4.78 is 2.11. The van der Waals surface area contributed by atoms with Crippen LogP contribution in [-0.2, 0) is 11.2 Å². The topological polar surface area (TPSA) is 29.1 Å². The Hall–Kier alpha value is 0.120. The first-order valence-electron chi connectivity index (χ1n) is 5.66. The molecule has 1 amide bonds. The fourth-order valence-corrected chi connectivity index (χ4v) is 6.66. The number of rotatable bonds is 2. The summed E-state index contributed by atoms with van der Waals surface area (Å²) >= 11 is 18.7. The fraction of sp³-hybridized carbons (Fsp3) is 0.154. The van der Waals surface area contributed by atoms with Crippen LogP contribution in [-0.4, -0.2) is 5.91 Å². The maximum atomic E-state index is 11.4. The van der Waals surface area contributed by atoms with Crippen molar-refractivity contribution in [1.29, 1.82) is 0 Å². The Kier molecular flexibility index (Phi) is 4.30. The van der Waals surface area contributed by atoms with Gasteiger partial charge in [-0.25, -0.2) is 0 Å². The van der Waals surface area contributed by atoms with E-state index in [1.165, 1.54) is 0 Å². The molecule has 1 aliphatic rings. The van der Waals surface area contributed by atoms with Gasteiger partial charge in [0.05, 0.1) is 18.8 Å². The summed E-state index contributed by atoms with van der Waals surface area (Å²) in [5, 5.41) is 3.45. The molecule has 1 unspecified atom stereocenters. The Bertz CT molecular complexity index is 716. The average Bonchev–Trinajstić information content (AvgIpc) is 2.88. The average molecular weight is 500 g/mol. The number of thiophene rings is 1. The number of hydrogen-bond donors (Lipinski definition) is 1. The molecule has 0 spiro atoms. The number of benzene rings is 1. The van der Waals surface area contributed by atoms with E-state index in [2.05, 4.69) is 59.2 Å². The van der Waals surface area contributed by atoms with Crippen molar-refractivity contribution in [2.75, 3.05) is 5.32 Å². The van der Waals surface area contributed by atoms with Crippen molar-refractivity contribution < 1.29 is 4.79 Å². The third kappa shape index (κ3) is 2.73. The van der Waals surface area contributed by atoms with Gasteiger partial charge in [-0.05, 0) is 60.7 Å². The lowest BCUT2D eigenvalue weighted by molar-refractivity contribution is -0.115. The summed E-state index contributed by atoms with van der Waals surface area (Å²) in [6, 6.07) is 5.87. The van der Waals surface area contributed by atoms with Crippen molar-refractivity contribution in [1.82, 2.24) is 0 Å². The molecule has 2 heterocycles. The number of fused-ring (bicyclic) bond motifs is 1. The molecular formula is C13H7Br3ClNOS. The number of carbonyl (C=O) groups is 1.